The van der Waals surface area contributed by atoms with Crippen molar-refractivity contribution in [1.82, 2.24) is 9.88 Å². The maximum Gasteiger partial charge on any atom is 0.295 e. The number of Topliss-reactive ketones (excluding diaryl/α,β-unsaturated/α-hetero) is 1. The van der Waals surface area contributed by atoms with Crippen molar-refractivity contribution in [2.24, 2.45) is 0 Å². The number of benzene rings is 2. The number of aromatic nitrogens is 1. The van der Waals surface area contributed by atoms with Crippen molar-refractivity contribution in [3.05, 3.63) is 95.1 Å². The van der Waals surface area contributed by atoms with Gasteiger partial charge in [-0.1, -0.05) is 18.2 Å². The van der Waals surface area contributed by atoms with Gasteiger partial charge in [0, 0.05) is 24.5 Å². The second kappa shape index (κ2) is 9.12. The predicted octanol–water partition coefficient (Wildman–Crippen LogP) is 3.86. The van der Waals surface area contributed by atoms with Gasteiger partial charge in [0.1, 0.15) is 11.5 Å². The standard InChI is InChI=1S/C25H21FN2O5/c1-32-18-7-3-6-16(11-18)22-21(23(29)17-8-9-20(33-2)19(26)12-17)24(30)25(31)28(22)14-15-5-4-10-27-13-15/h3-13,22,29H,14H2,1-2H3/t22-/m0/s1. The Bertz CT molecular complexity index is 1240. The lowest BCUT2D eigenvalue weighted by Crippen LogP contribution is -2.29. The highest BCUT2D eigenvalue weighted by molar-refractivity contribution is 6.46. The van der Waals surface area contributed by atoms with E-state index in [1.165, 1.54) is 31.3 Å². The molecule has 0 unspecified atom stereocenters. The molecular weight excluding hydrogens is 427 g/mol. The van der Waals surface area contributed by atoms with E-state index in [4.69, 9.17) is 9.47 Å². The highest BCUT2D eigenvalue weighted by atomic mass is 19.1. The summed E-state index contributed by atoms with van der Waals surface area (Å²) >= 11 is 0. The Morgan fingerprint density at radius 2 is 1.91 bits per heavy atom. The predicted molar refractivity (Wildman–Crippen MR) is 118 cm³/mol. The Labute approximate surface area is 189 Å². The molecule has 168 valence electrons. The van der Waals surface area contributed by atoms with Gasteiger partial charge in [-0.2, -0.15) is 0 Å². The molecule has 0 spiro atoms. The molecule has 0 bridgehead atoms. The van der Waals surface area contributed by atoms with Crippen molar-refractivity contribution in [2.45, 2.75) is 12.6 Å². The molecule has 3 aromatic rings. The quantitative estimate of drug-likeness (QED) is 0.350. The zero-order valence-corrected chi connectivity index (χ0v) is 18.0. The van der Waals surface area contributed by atoms with Crippen LogP contribution >= 0.6 is 0 Å². The summed E-state index contributed by atoms with van der Waals surface area (Å²) in [7, 11) is 2.83. The number of nitrogens with zero attached hydrogens (tertiary/aromatic N) is 2. The monoisotopic (exact) mass is 448 g/mol. The summed E-state index contributed by atoms with van der Waals surface area (Å²) in [6, 6.07) is 13.3. The number of hydrogen-bond donors (Lipinski definition) is 1. The van der Waals surface area contributed by atoms with Crippen LogP contribution in [0.1, 0.15) is 22.7 Å². The highest BCUT2D eigenvalue weighted by Gasteiger charge is 2.46. The molecule has 1 N–H and O–H groups in total. The lowest BCUT2D eigenvalue weighted by Gasteiger charge is -2.25. The van der Waals surface area contributed by atoms with Gasteiger partial charge in [0.05, 0.1) is 25.8 Å². The van der Waals surface area contributed by atoms with E-state index in [0.29, 0.717) is 16.9 Å². The molecule has 1 amide bonds. The zero-order chi connectivity index (χ0) is 23.5. The van der Waals surface area contributed by atoms with E-state index in [2.05, 4.69) is 4.98 Å². The van der Waals surface area contributed by atoms with Crippen LogP contribution in [-0.2, 0) is 16.1 Å². The van der Waals surface area contributed by atoms with Gasteiger partial charge >= 0.3 is 0 Å². The number of pyridine rings is 1. The maximum absolute atomic E-state index is 14.3. The van der Waals surface area contributed by atoms with Gasteiger partial charge < -0.3 is 19.5 Å². The van der Waals surface area contributed by atoms with Crippen molar-refractivity contribution in [2.75, 3.05) is 14.2 Å². The minimum Gasteiger partial charge on any atom is -0.507 e. The Morgan fingerprint density at radius 1 is 1.09 bits per heavy atom. The molecule has 1 aromatic heterocycles. The number of rotatable bonds is 6. The number of likely N-dealkylation sites (tertiary alicyclic amines) is 1. The number of methoxy groups -OCH3 is 2. The van der Waals surface area contributed by atoms with Crippen LogP contribution in [-0.4, -0.2) is 40.9 Å². The number of carbonyl (C=O) groups is 2. The smallest absolute Gasteiger partial charge is 0.295 e. The van der Waals surface area contributed by atoms with E-state index in [1.807, 2.05) is 0 Å². The summed E-state index contributed by atoms with van der Waals surface area (Å²) in [4.78, 5) is 31.6. The Balaban J connectivity index is 1.88. The normalized spacial score (nSPS) is 17.3. The van der Waals surface area contributed by atoms with Crippen LogP contribution in [0.25, 0.3) is 5.76 Å². The number of halogens is 1. The molecule has 2 aromatic carbocycles. The van der Waals surface area contributed by atoms with Gasteiger partial charge in [-0.3, -0.25) is 14.6 Å². The Hall–Kier alpha value is -4.20. The van der Waals surface area contributed by atoms with Gasteiger partial charge in [-0.05, 0) is 47.5 Å². The summed E-state index contributed by atoms with van der Waals surface area (Å²) in [5.74, 6) is -2.30. The fraction of sp³-hybridized carbons (Fsp3) is 0.160. The zero-order valence-electron chi connectivity index (χ0n) is 18.0. The molecule has 1 atom stereocenters. The first-order chi connectivity index (χ1) is 15.9. The number of carbonyl (C=O) groups excluding carboxylic acids is 2. The lowest BCUT2D eigenvalue weighted by molar-refractivity contribution is -0.140. The Kier molecular flexibility index (Phi) is 6.08. The van der Waals surface area contributed by atoms with E-state index in [0.717, 1.165) is 6.07 Å². The van der Waals surface area contributed by atoms with E-state index in [1.54, 1.807) is 48.8 Å². The first-order valence-corrected chi connectivity index (χ1v) is 10.1. The number of amides is 1. The number of ether oxygens (including phenoxy) is 2. The average molecular weight is 448 g/mol. The van der Waals surface area contributed by atoms with Crippen LogP contribution in [0.3, 0.4) is 0 Å². The first-order valence-electron chi connectivity index (χ1n) is 10.1. The van der Waals surface area contributed by atoms with Crippen molar-refractivity contribution >= 4 is 17.4 Å². The molecular formula is C25H21FN2O5. The molecule has 1 fully saturated rings. The van der Waals surface area contributed by atoms with E-state index in [-0.39, 0.29) is 23.4 Å². The van der Waals surface area contributed by atoms with E-state index < -0.39 is 29.3 Å². The molecule has 7 nitrogen and oxygen atoms in total. The third-order valence-electron chi connectivity index (χ3n) is 5.45. The molecule has 1 aliphatic heterocycles. The molecule has 0 aliphatic carbocycles. The van der Waals surface area contributed by atoms with Crippen LogP contribution in [0.5, 0.6) is 11.5 Å². The summed E-state index contributed by atoms with van der Waals surface area (Å²) in [6.07, 6.45) is 3.20. The maximum atomic E-state index is 14.3. The molecule has 0 radical (unpaired) electrons. The Morgan fingerprint density at radius 3 is 2.58 bits per heavy atom. The summed E-state index contributed by atoms with van der Waals surface area (Å²) in [5.41, 5.74) is 1.19. The first kappa shape index (κ1) is 22.0. The topological polar surface area (TPSA) is 89.0 Å². The van der Waals surface area contributed by atoms with E-state index in [9.17, 15) is 19.1 Å². The third kappa shape index (κ3) is 4.15. The summed E-state index contributed by atoms with van der Waals surface area (Å²) < 4.78 is 24.5. The third-order valence-corrected chi connectivity index (χ3v) is 5.45. The van der Waals surface area contributed by atoms with Crippen molar-refractivity contribution in [3.8, 4) is 11.5 Å². The van der Waals surface area contributed by atoms with Crippen LogP contribution in [0, 0.1) is 5.82 Å². The second-order valence-corrected chi connectivity index (χ2v) is 7.41. The van der Waals surface area contributed by atoms with Gasteiger partial charge in [0.25, 0.3) is 11.7 Å². The summed E-state index contributed by atoms with van der Waals surface area (Å²) in [6.45, 7) is 0.0913. The largest absolute Gasteiger partial charge is 0.507 e. The van der Waals surface area contributed by atoms with Gasteiger partial charge in [0.2, 0.25) is 0 Å². The fourth-order valence-electron chi connectivity index (χ4n) is 3.86. The highest BCUT2D eigenvalue weighted by Crippen LogP contribution is 2.41. The van der Waals surface area contributed by atoms with Crippen LogP contribution in [0.15, 0.2) is 72.6 Å². The minimum absolute atomic E-state index is 0.00655. The van der Waals surface area contributed by atoms with Crippen molar-refractivity contribution < 1.29 is 28.6 Å². The lowest BCUT2D eigenvalue weighted by atomic mass is 9.95. The van der Waals surface area contributed by atoms with Crippen molar-refractivity contribution in [3.63, 3.8) is 0 Å². The molecule has 1 aliphatic rings. The SMILES string of the molecule is COc1cccc([C@H]2C(=C(O)c3ccc(OC)c(F)c3)C(=O)C(=O)N2Cc2cccnc2)c1. The van der Waals surface area contributed by atoms with Crippen LogP contribution < -0.4 is 9.47 Å². The molecule has 8 heteroatoms. The van der Waals surface area contributed by atoms with Crippen LogP contribution in [0.2, 0.25) is 0 Å². The number of aliphatic hydroxyl groups excluding tert-OH is 1. The van der Waals surface area contributed by atoms with Crippen molar-refractivity contribution in [1.29, 1.82) is 0 Å². The van der Waals surface area contributed by atoms with Gasteiger partial charge in [-0.25, -0.2) is 4.39 Å². The minimum atomic E-state index is -0.912. The van der Waals surface area contributed by atoms with Crippen LogP contribution in [0.4, 0.5) is 4.39 Å². The fourth-order valence-corrected chi connectivity index (χ4v) is 3.86. The molecule has 33 heavy (non-hydrogen) atoms. The molecule has 0 saturated carbocycles. The molecule has 4 rings (SSSR count). The second-order valence-electron chi connectivity index (χ2n) is 7.41. The summed E-state index contributed by atoms with van der Waals surface area (Å²) in [5, 5.41) is 11.1. The number of hydrogen-bond acceptors (Lipinski definition) is 6. The molecule has 1 saturated heterocycles. The van der Waals surface area contributed by atoms with Gasteiger partial charge in [0.15, 0.2) is 11.6 Å². The average Bonchev–Trinajstić information content (AvgIpc) is 3.09. The number of aliphatic hydroxyl groups is 1. The molecule has 2 heterocycles. The number of ketones is 1. The van der Waals surface area contributed by atoms with Gasteiger partial charge in [-0.15, -0.1) is 0 Å². The van der Waals surface area contributed by atoms with E-state index >= 15 is 0 Å².